The van der Waals surface area contributed by atoms with Crippen LogP contribution in [0.1, 0.15) is 24.8 Å². The number of carbonyl (C=O) groups is 1. The Morgan fingerprint density at radius 2 is 1.83 bits per heavy atom. The summed E-state index contributed by atoms with van der Waals surface area (Å²) >= 11 is 0. The van der Waals surface area contributed by atoms with E-state index in [0.717, 1.165) is 28.1 Å². The van der Waals surface area contributed by atoms with E-state index in [1.54, 1.807) is 7.11 Å². The van der Waals surface area contributed by atoms with Crippen molar-refractivity contribution in [2.24, 2.45) is 0 Å². The molecular weight excluding hydrogens is 290 g/mol. The number of methoxy groups -OCH3 is 1. The van der Waals surface area contributed by atoms with E-state index in [0.29, 0.717) is 0 Å². The van der Waals surface area contributed by atoms with E-state index in [1.807, 2.05) is 44.1 Å². The molecule has 0 aromatic heterocycles. The van der Waals surface area contributed by atoms with Crippen molar-refractivity contribution in [3.8, 4) is 16.9 Å². The number of rotatable bonds is 6. The van der Waals surface area contributed by atoms with Crippen LogP contribution in [0.2, 0.25) is 0 Å². The minimum atomic E-state index is -0.787. The van der Waals surface area contributed by atoms with E-state index in [2.05, 4.69) is 24.3 Å². The van der Waals surface area contributed by atoms with E-state index >= 15 is 0 Å². The molecule has 0 aliphatic carbocycles. The van der Waals surface area contributed by atoms with Crippen molar-refractivity contribution in [1.29, 1.82) is 0 Å². The summed E-state index contributed by atoms with van der Waals surface area (Å²) in [7, 11) is 5.65. The predicted molar refractivity (Wildman–Crippen MR) is 93.4 cm³/mol. The fourth-order valence-electron chi connectivity index (χ4n) is 2.58. The van der Waals surface area contributed by atoms with Gasteiger partial charge in [-0.1, -0.05) is 25.1 Å². The van der Waals surface area contributed by atoms with Gasteiger partial charge in [0.2, 0.25) is 0 Å². The van der Waals surface area contributed by atoms with Crippen LogP contribution in [-0.4, -0.2) is 32.3 Å². The normalized spacial score (nSPS) is 11.8. The molecule has 4 nitrogen and oxygen atoms in total. The first-order valence-corrected chi connectivity index (χ1v) is 7.60. The number of benzene rings is 2. The van der Waals surface area contributed by atoms with Crippen LogP contribution in [0.4, 0.5) is 5.69 Å². The molecule has 2 aromatic rings. The minimum Gasteiger partial charge on any atom is -0.496 e. The van der Waals surface area contributed by atoms with E-state index in [1.165, 1.54) is 0 Å². The Labute approximate surface area is 137 Å². The molecule has 122 valence electrons. The number of nitrogens with zero attached hydrogens (tertiary/aromatic N) is 1. The van der Waals surface area contributed by atoms with Gasteiger partial charge in [0.25, 0.3) is 0 Å². The minimum absolute atomic E-state index is 0.0433. The van der Waals surface area contributed by atoms with Crippen molar-refractivity contribution in [3.05, 3.63) is 48.0 Å². The number of carboxylic acid groups (broad SMARTS) is 1. The SMILES string of the molecule is COc1ccc(C(C)CC(=O)O)cc1-c1ccc(N(C)C)cc1. The maximum Gasteiger partial charge on any atom is 0.303 e. The zero-order valence-corrected chi connectivity index (χ0v) is 14.0. The average molecular weight is 313 g/mol. The van der Waals surface area contributed by atoms with Gasteiger partial charge >= 0.3 is 5.97 Å². The molecule has 2 rings (SSSR count). The van der Waals surface area contributed by atoms with Gasteiger partial charge in [0.05, 0.1) is 13.5 Å². The number of anilines is 1. The van der Waals surface area contributed by atoms with Crippen molar-refractivity contribution >= 4 is 11.7 Å². The summed E-state index contributed by atoms with van der Waals surface area (Å²) < 4.78 is 5.47. The van der Waals surface area contributed by atoms with Gasteiger partial charge in [-0.25, -0.2) is 0 Å². The van der Waals surface area contributed by atoms with Crippen LogP contribution >= 0.6 is 0 Å². The molecule has 0 saturated heterocycles. The lowest BCUT2D eigenvalue weighted by Crippen LogP contribution is -2.08. The molecule has 4 heteroatoms. The second-order valence-corrected chi connectivity index (χ2v) is 5.90. The zero-order valence-electron chi connectivity index (χ0n) is 14.0. The molecule has 0 aliphatic rings. The van der Waals surface area contributed by atoms with Crippen molar-refractivity contribution in [1.82, 2.24) is 0 Å². The van der Waals surface area contributed by atoms with Crippen LogP contribution in [0.25, 0.3) is 11.1 Å². The van der Waals surface area contributed by atoms with E-state index in [9.17, 15) is 4.79 Å². The first kappa shape index (κ1) is 16.9. The summed E-state index contributed by atoms with van der Waals surface area (Å²) in [4.78, 5) is 13.0. The molecule has 0 bridgehead atoms. The Morgan fingerprint density at radius 3 is 2.35 bits per heavy atom. The van der Waals surface area contributed by atoms with Crippen molar-refractivity contribution in [2.75, 3.05) is 26.1 Å². The highest BCUT2D eigenvalue weighted by Gasteiger charge is 2.14. The number of hydrogen-bond donors (Lipinski definition) is 1. The highest BCUT2D eigenvalue weighted by molar-refractivity contribution is 5.73. The number of ether oxygens (including phenoxy) is 1. The summed E-state index contributed by atoms with van der Waals surface area (Å²) in [6, 6.07) is 14.1. The van der Waals surface area contributed by atoms with Gasteiger partial charge in [-0.05, 0) is 41.3 Å². The summed E-state index contributed by atoms with van der Waals surface area (Å²) in [6.45, 7) is 1.93. The van der Waals surface area contributed by atoms with Gasteiger partial charge in [0.15, 0.2) is 0 Å². The van der Waals surface area contributed by atoms with Gasteiger partial charge in [0, 0.05) is 25.3 Å². The van der Waals surface area contributed by atoms with E-state index in [4.69, 9.17) is 9.84 Å². The van der Waals surface area contributed by atoms with Gasteiger partial charge in [-0.2, -0.15) is 0 Å². The summed E-state index contributed by atoms with van der Waals surface area (Å²) in [5, 5.41) is 8.99. The summed E-state index contributed by atoms with van der Waals surface area (Å²) in [5.74, 6) is -0.0442. The highest BCUT2D eigenvalue weighted by atomic mass is 16.5. The van der Waals surface area contributed by atoms with Gasteiger partial charge in [0.1, 0.15) is 5.75 Å². The third-order valence-corrected chi connectivity index (χ3v) is 3.97. The zero-order chi connectivity index (χ0) is 17.0. The van der Waals surface area contributed by atoms with Crippen LogP contribution in [0, 0.1) is 0 Å². The maximum absolute atomic E-state index is 10.9. The Bertz CT molecular complexity index is 678. The summed E-state index contributed by atoms with van der Waals surface area (Å²) in [6.07, 6.45) is 0.116. The number of carboxylic acids is 1. The second-order valence-electron chi connectivity index (χ2n) is 5.90. The first-order valence-electron chi connectivity index (χ1n) is 7.60. The third kappa shape index (κ3) is 4.03. The van der Waals surface area contributed by atoms with Gasteiger partial charge in [-0.15, -0.1) is 0 Å². The lowest BCUT2D eigenvalue weighted by atomic mass is 9.93. The quantitative estimate of drug-likeness (QED) is 0.875. The lowest BCUT2D eigenvalue weighted by Gasteiger charge is -2.16. The Kier molecular flexibility index (Phi) is 5.27. The standard InChI is InChI=1S/C19H23NO3/c1-13(11-19(21)22)15-7-10-18(23-4)17(12-15)14-5-8-16(9-6-14)20(2)3/h5-10,12-13H,11H2,1-4H3,(H,21,22). The first-order chi connectivity index (χ1) is 10.9. The number of aliphatic carboxylic acids is 1. The molecule has 0 amide bonds. The van der Waals surface area contributed by atoms with Crippen LogP contribution in [0.3, 0.4) is 0 Å². The van der Waals surface area contributed by atoms with Crippen molar-refractivity contribution < 1.29 is 14.6 Å². The van der Waals surface area contributed by atoms with Crippen LogP contribution in [0.15, 0.2) is 42.5 Å². The molecule has 1 atom stereocenters. The molecule has 0 saturated carbocycles. The fourth-order valence-corrected chi connectivity index (χ4v) is 2.58. The van der Waals surface area contributed by atoms with Crippen LogP contribution < -0.4 is 9.64 Å². The number of hydrogen-bond acceptors (Lipinski definition) is 3. The van der Waals surface area contributed by atoms with Crippen LogP contribution in [0.5, 0.6) is 5.75 Å². The molecule has 1 N–H and O–H groups in total. The van der Waals surface area contributed by atoms with E-state index < -0.39 is 5.97 Å². The molecule has 0 aliphatic heterocycles. The smallest absolute Gasteiger partial charge is 0.303 e. The molecule has 0 spiro atoms. The Balaban J connectivity index is 2.40. The predicted octanol–water partition coefficient (Wildman–Crippen LogP) is 4.01. The lowest BCUT2D eigenvalue weighted by molar-refractivity contribution is -0.137. The van der Waals surface area contributed by atoms with Crippen molar-refractivity contribution in [2.45, 2.75) is 19.3 Å². The fraction of sp³-hybridized carbons (Fsp3) is 0.316. The largest absolute Gasteiger partial charge is 0.496 e. The summed E-state index contributed by atoms with van der Waals surface area (Å²) in [5.41, 5.74) is 4.16. The third-order valence-electron chi connectivity index (χ3n) is 3.97. The van der Waals surface area contributed by atoms with Crippen LogP contribution in [-0.2, 0) is 4.79 Å². The highest BCUT2D eigenvalue weighted by Crippen LogP contribution is 2.34. The van der Waals surface area contributed by atoms with Gasteiger partial charge < -0.3 is 14.7 Å². The molecule has 23 heavy (non-hydrogen) atoms. The second kappa shape index (κ2) is 7.18. The topological polar surface area (TPSA) is 49.8 Å². The average Bonchev–Trinajstić information content (AvgIpc) is 2.53. The molecule has 0 fully saturated rings. The maximum atomic E-state index is 10.9. The molecule has 0 heterocycles. The molecule has 0 radical (unpaired) electrons. The molecule has 1 unspecified atom stereocenters. The van der Waals surface area contributed by atoms with Crippen molar-refractivity contribution in [3.63, 3.8) is 0 Å². The Hall–Kier alpha value is -2.49. The van der Waals surface area contributed by atoms with Gasteiger partial charge in [-0.3, -0.25) is 4.79 Å². The molecular formula is C19H23NO3. The van der Waals surface area contributed by atoms with E-state index in [-0.39, 0.29) is 12.3 Å². The monoisotopic (exact) mass is 313 g/mol. The molecule has 2 aromatic carbocycles. The Morgan fingerprint density at radius 1 is 1.17 bits per heavy atom.